The Bertz CT molecular complexity index is 380. The predicted octanol–water partition coefficient (Wildman–Crippen LogP) is 5.77. The molecule has 0 aliphatic heterocycles. The minimum absolute atomic E-state index is 0.0384. The Kier molecular flexibility index (Phi) is 14.7. The number of unbranched alkanes of at least 4 members (excludes halogenated alkanes) is 6. The Hall–Kier alpha value is -0.900. The van der Waals surface area contributed by atoms with E-state index in [1.54, 1.807) is 0 Å². The second-order valence-electron chi connectivity index (χ2n) is 6.69. The lowest BCUT2D eigenvalue weighted by molar-refractivity contribution is -0.0644. The van der Waals surface area contributed by atoms with Crippen molar-refractivity contribution in [1.82, 2.24) is 0 Å². The fourth-order valence-electron chi connectivity index (χ4n) is 2.65. The highest BCUT2D eigenvalue weighted by atomic mass is 16.6. The van der Waals surface area contributed by atoms with Gasteiger partial charge in [0.15, 0.2) is 0 Å². The molecule has 0 aliphatic carbocycles. The van der Waals surface area contributed by atoms with E-state index in [1.165, 1.54) is 44.1 Å². The van der Waals surface area contributed by atoms with Crippen molar-refractivity contribution in [2.24, 2.45) is 0 Å². The van der Waals surface area contributed by atoms with E-state index in [-0.39, 0.29) is 6.10 Å². The predicted molar refractivity (Wildman–Crippen MR) is 105 cm³/mol. The quantitative estimate of drug-likeness (QED) is 0.334. The van der Waals surface area contributed by atoms with Crippen molar-refractivity contribution < 1.29 is 14.2 Å². The molecule has 0 aliphatic rings. The van der Waals surface area contributed by atoms with Crippen molar-refractivity contribution in [2.45, 2.75) is 77.9 Å². The SMILES string of the molecule is CCCCCCOCC(COCc1ccccc1)OCCCCCC. The maximum absolute atomic E-state index is 6.00. The lowest BCUT2D eigenvalue weighted by atomic mass is 10.2. The van der Waals surface area contributed by atoms with Gasteiger partial charge >= 0.3 is 0 Å². The Morgan fingerprint density at radius 2 is 1.36 bits per heavy atom. The maximum atomic E-state index is 6.00. The molecule has 0 N–H and O–H groups in total. The number of hydrogen-bond donors (Lipinski definition) is 0. The zero-order valence-electron chi connectivity index (χ0n) is 16.4. The summed E-state index contributed by atoms with van der Waals surface area (Å²) in [5, 5.41) is 0. The van der Waals surface area contributed by atoms with Gasteiger partial charge in [-0.15, -0.1) is 0 Å². The van der Waals surface area contributed by atoms with Crippen molar-refractivity contribution in [1.29, 1.82) is 0 Å². The van der Waals surface area contributed by atoms with Gasteiger partial charge in [0.1, 0.15) is 6.10 Å². The van der Waals surface area contributed by atoms with E-state index in [0.29, 0.717) is 19.8 Å². The van der Waals surface area contributed by atoms with Crippen molar-refractivity contribution in [3.8, 4) is 0 Å². The van der Waals surface area contributed by atoms with Gasteiger partial charge in [-0.3, -0.25) is 0 Å². The first kappa shape index (κ1) is 22.1. The minimum atomic E-state index is 0.0384. The van der Waals surface area contributed by atoms with Gasteiger partial charge in [-0.05, 0) is 18.4 Å². The van der Waals surface area contributed by atoms with Crippen LogP contribution in [0.5, 0.6) is 0 Å². The van der Waals surface area contributed by atoms with E-state index in [9.17, 15) is 0 Å². The van der Waals surface area contributed by atoms with Crippen LogP contribution in [-0.2, 0) is 20.8 Å². The average Bonchev–Trinajstić information content (AvgIpc) is 2.64. The highest BCUT2D eigenvalue weighted by molar-refractivity contribution is 5.13. The molecule has 1 aromatic carbocycles. The van der Waals surface area contributed by atoms with Gasteiger partial charge in [0.25, 0.3) is 0 Å². The van der Waals surface area contributed by atoms with Crippen molar-refractivity contribution >= 4 is 0 Å². The van der Waals surface area contributed by atoms with E-state index < -0.39 is 0 Å². The molecule has 0 amide bonds. The van der Waals surface area contributed by atoms with E-state index >= 15 is 0 Å². The van der Waals surface area contributed by atoms with Crippen molar-refractivity contribution in [3.05, 3.63) is 35.9 Å². The Morgan fingerprint density at radius 3 is 2.04 bits per heavy atom. The first-order valence-corrected chi connectivity index (χ1v) is 10.2. The van der Waals surface area contributed by atoms with E-state index in [0.717, 1.165) is 26.1 Å². The lowest BCUT2D eigenvalue weighted by Crippen LogP contribution is -2.26. The molecule has 0 saturated carbocycles. The standard InChI is InChI=1S/C22H38O3/c1-3-5-7-12-16-23-19-22(25-17-13-8-6-4-2)20-24-18-21-14-10-9-11-15-21/h9-11,14-15,22H,3-8,12-13,16-20H2,1-2H3. The molecule has 0 heterocycles. The fraction of sp³-hybridized carbons (Fsp3) is 0.727. The fourth-order valence-corrected chi connectivity index (χ4v) is 2.65. The van der Waals surface area contributed by atoms with Crippen LogP contribution >= 0.6 is 0 Å². The zero-order chi connectivity index (χ0) is 18.0. The van der Waals surface area contributed by atoms with Gasteiger partial charge in [-0.1, -0.05) is 82.7 Å². The third-order valence-corrected chi connectivity index (χ3v) is 4.21. The van der Waals surface area contributed by atoms with Gasteiger partial charge < -0.3 is 14.2 Å². The maximum Gasteiger partial charge on any atom is 0.104 e. The van der Waals surface area contributed by atoms with Crippen LogP contribution in [0.25, 0.3) is 0 Å². The lowest BCUT2D eigenvalue weighted by Gasteiger charge is -2.18. The number of ether oxygens (including phenoxy) is 3. The molecular weight excluding hydrogens is 312 g/mol. The van der Waals surface area contributed by atoms with Gasteiger partial charge in [0, 0.05) is 13.2 Å². The molecule has 1 rings (SSSR count). The summed E-state index contributed by atoms with van der Waals surface area (Å²) in [5.41, 5.74) is 1.20. The molecule has 0 fully saturated rings. The van der Waals surface area contributed by atoms with Gasteiger partial charge in [0.05, 0.1) is 19.8 Å². The monoisotopic (exact) mass is 350 g/mol. The largest absolute Gasteiger partial charge is 0.379 e. The van der Waals surface area contributed by atoms with E-state index in [1.807, 2.05) is 18.2 Å². The summed E-state index contributed by atoms with van der Waals surface area (Å²) in [6, 6.07) is 10.3. The molecule has 1 aromatic rings. The normalized spacial score (nSPS) is 12.4. The van der Waals surface area contributed by atoms with Crippen LogP contribution in [0.1, 0.15) is 70.8 Å². The molecule has 0 saturated heterocycles. The van der Waals surface area contributed by atoms with E-state index in [4.69, 9.17) is 14.2 Å². The number of rotatable bonds is 17. The summed E-state index contributed by atoms with van der Waals surface area (Å²) in [6.07, 6.45) is 9.89. The highest BCUT2D eigenvalue weighted by Crippen LogP contribution is 2.06. The van der Waals surface area contributed by atoms with Gasteiger partial charge in [-0.2, -0.15) is 0 Å². The third-order valence-electron chi connectivity index (χ3n) is 4.21. The number of benzene rings is 1. The summed E-state index contributed by atoms with van der Waals surface area (Å²) in [4.78, 5) is 0. The van der Waals surface area contributed by atoms with Crippen LogP contribution in [0, 0.1) is 0 Å². The molecule has 25 heavy (non-hydrogen) atoms. The molecule has 1 atom stereocenters. The second-order valence-corrected chi connectivity index (χ2v) is 6.69. The zero-order valence-corrected chi connectivity index (χ0v) is 16.4. The molecular formula is C22H38O3. The summed E-state index contributed by atoms with van der Waals surface area (Å²) >= 11 is 0. The summed E-state index contributed by atoms with van der Waals surface area (Å²) in [5.74, 6) is 0. The van der Waals surface area contributed by atoms with Gasteiger partial charge in [0.2, 0.25) is 0 Å². The van der Waals surface area contributed by atoms with Crippen LogP contribution in [0.15, 0.2) is 30.3 Å². The third kappa shape index (κ3) is 13.0. The summed E-state index contributed by atoms with van der Waals surface area (Å²) < 4.78 is 17.7. The first-order chi connectivity index (χ1) is 12.4. The molecule has 144 valence electrons. The highest BCUT2D eigenvalue weighted by Gasteiger charge is 2.10. The summed E-state index contributed by atoms with van der Waals surface area (Å²) in [7, 11) is 0. The first-order valence-electron chi connectivity index (χ1n) is 10.2. The molecule has 3 heteroatoms. The molecule has 0 radical (unpaired) electrons. The smallest absolute Gasteiger partial charge is 0.104 e. The molecule has 0 aromatic heterocycles. The number of hydrogen-bond acceptors (Lipinski definition) is 3. The second kappa shape index (κ2) is 16.6. The summed E-state index contributed by atoms with van der Waals surface area (Å²) in [6.45, 7) is 7.95. The molecule has 3 nitrogen and oxygen atoms in total. The Balaban J connectivity index is 2.20. The van der Waals surface area contributed by atoms with Crippen LogP contribution in [0.2, 0.25) is 0 Å². The topological polar surface area (TPSA) is 27.7 Å². The van der Waals surface area contributed by atoms with Gasteiger partial charge in [-0.25, -0.2) is 0 Å². The van der Waals surface area contributed by atoms with Crippen LogP contribution in [0.4, 0.5) is 0 Å². The Labute approximate surface area is 155 Å². The van der Waals surface area contributed by atoms with Crippen LogP contribution in [0.3, 0.4) is 0 Å². The molecule has 1 unspecified atom stereocenters. The van der Waals surface area contributed by atoms with Crippen LogP contribution in [-0.4, -0.2) is 32.5 Å². The van der Waals surface area contributed by atoms with Crippen LogP contribution < -0.4 is 0 Å². The average molecular weight is 351 g/mol. The van der Waals surface area contributed by atoms with Crippen molar-refractivity contribution in [2.75, 3.05) is 26.4 Å². The molecule has 0 bridgehead atoms. The Morgan fingerprint density at radius 1 is 0.720 bits per heavy atom. The minimum Gasteiger partial charge on any atom is -0.379 e. The molecule has 0 spiro atoms. The van der Waals surface area contributed by atoms with Crippen molar-refractivity contribution in [3.63, 3.8) is 0 Å². The van der Waals surface area contributed by atoms with E-state index in [2.05, 4.69) is 26.0 Å².